The number of halogens is 1. The van der Waals surface area contributed by atoms with Gasteiger partial charge in [0.05, 0.1) is 11.7 Å². The zero-order valence-electron chi connectivity index (χ0n) is 9.45. The fourth-order valence-corrected chi connectivity index (χ4v) is 2.39. The highest BCUT2D eigenvalue weighted by Gasteiger charge is 2.42. The van der Waals surface area contributed by atoms with Gasteiger partial charge in [-0.1, -0.05) is 23.7 Å². The molecular formula is C13H17ClO2. The zero-order valence-corrected chi connectivity index (χ0v) is 10.2. The van der Waals surface area contributed by atoms with E-state index in [1.54, 1.807) is 0 Å². The second-order valence-electron chi connectivity index (χ2n) is 4.51. The predicted octanol–water partition coefficient (Wildman–Crippen LogP) is 2.81. The third kappa shape index (κ3) is 2.76. The molecule has 0 amide bonds. The van der Waals surface area contributed by atoms with Gasteiger partial charge in [0, 0.05) is 30.9 Å². The summed E-state index contributed by atoms with van der Waals surface area (Å²) in [7, 11) is 0. The van der Waals surface area contributed by atoms with Gasteiger partial charge in [-0.05, 0) is 24.6 Å². The van der Waals surface area contributed by atoms with Crippen molar-refractivity contribution in [2.45, 2.75) is 37.9 Å². The zero-order chi connectivity index (χ0) is 11.6. The van der Waals surface area contributed by atoms with Gasteiger partial charge in [-0.25, -0.2) is 0 Å². The first-order valence-corrected chi connectivity index (χ1v) is 6.07. The Hall–Kier alpha value is -0.570. The Morgan fingerprint density at radius 2 is 2.00 bits per heavy atom. The molecule has 1 saturated carbocycles. The van der Waals surface area contributed by atoms with Crippen LogP contribution in [-0.4, -0.2) is 23.4 Å². The Morgan fingerprint density at radius 1 is 1.38 bits per heavy atom. The van der Waals surface area contributed by atoms with Crippen LogP contribution >= 0.6 is 11.6 Å². The van der Waals surface area contributed by atoms with Crippen molar-refractivity contribution in [3.8, 4) is 0 Å². The number of rotatable bonds is 4. The smallest absolute Gasteiger partial charge is 0.0737 e. The molecule has 0 heterocycles. The van der Waals surface area contributed by atoms with Crippen molar-refractivity contribution in [3.05, 3.63) is 34.9 Å². The van der Waals surface area contributed by atoms with Crippen molar-refractivity contribution in [2.75, 3.05) is 6.61 Å². The highest BCUT2D eigenvalue weighted by Crippen LogP contribution is 2.37. The quantitative estimate of drug-likeness (QED) is 0.877. The second kappa shape index (κ2) is 4.74. The molecule has 0 radical (unpaired) electrons. The maximum atomic E-state index is 10.2. The predicted molar refractivity (Wildman–Crippen MR) is 64.8 cm³/mol. The van der Waals surface area contributed by atoms with Gasteiger partial charge in [0.25, 0.3) is 0 Å². The van der Waals surface area contributed by atoms with Crippen LogP contribution in [0.4, 0.5) is 0 Å². The average molecular weight is 241 g/mol. The van der Waals surface area contributed by atoms with E-state index in [9.17, 15) is 5.11 Å². The molecule has 1 N–H and O–H groups in total. The molecule has 1 fully saturated rings. The first kappa shape index (κ1) is 11.9. The molecule has 1 aliphatic carbocycles. The van der Waals surface area contributed by atoms with E-state index in [1.165, 1.54) is 0 Å². The standard InChI is InChI=1S/C13H17ClO2/c1-2-16-12-8-13(15,9-12)7-10-3-5-11(14)6-4-10/h3-6,12,15H,2,7-9H2,1H3. The SMILES string of the molecule is CCOC1CC(O)(Cc2ccc(Cl)cc2)C1. The molecule has 1 aliphatic rings. The minimum atomic E-state index is -0.576. The van der Waals surface area contributed by atoms with Crippen molar-refractivity contribution in [2.24, 2.45) is 0 Å². The van der Waals surface area contributed by atoms with Crippen LogP contribution < -0.4 is 0 Å². The van der Waals surface area contributed by atoms with Crippen molar-refractivity contribution < 1.29 is 9.84 Å². The first-order chi connectivity index (χ1) is 7.61. The summed E-state index contributed by atoms with van der Waals surface area (Å²) in [4.78, 5) is 0. The van der Waals surface area contributed by atoms with Gasteiger partial charge >= 0.3 is 0 Å². The van der Waals surface area contributed by atoms with Crippen LogP contribution in [0.25, 0.3) is 0 Å². The summed E-state index contributed by atoms with van der Waals surface area (Å²) in [6.07, 6.45) is 2.41. The van der Waals surface area contributed by atoms with E-state index in [0.29, 0.717) is 6.42 Å². The summed E-state index contributed by atoms with van der Waals surface area (Å²) >= 11 is 5.81. The molecule has 1 aromatic carbocycles. The minimum absolute atomic E-state index is 0.238. The fraction of sp³-hybridized carbons (Fsp3) is 0.538. The van der Waals surface area contributed by atoms with Crippen LogP contribution in [-0.2, 0) is 11.2 Å². The normalized spacial score (nSPS) is 28.8. The average Bonchev–Trinajstić information content (AvgIpc) is 2.20. The Balaban J connectivity index is 1.89. The molecule has 1 aromatic rings. The summed E-state index contributed by atoms with van der Waals surface area (Å²) in [6.45, 7) is 2.71. The highest BCUT2D eigenvalue weighted by molar-refractivity contribution is 6.30. The Labute approximate surface area is 101 Å². The molecule has 2 nitrogen and oxygen atoms in total. The molecule has 0 unspecified atom stereocenters. The summed E-state index contributed by atoms with van der Waals surface area (Å²) in [5.41, 5.74) is 0.551. The number of aliphatic hydroxyl groups is 1. The minimum Gasteiger partial charge on any atom is -0.389 e. The Bertz CT molecular complexity index is 341. The molecule has 88 valence electrons. The van der Waals surface area contributed by atoms with Gasteiger partial charge in [0.1, 0.15) is 0 Å². The van der Waals surface area contributed by atoms with Crippen molar-refractivity contribution in [1.82, 2.24) is 0 Å². The molecule has 0 bridgehead atoms. The summed E-state index contributed by atoms with van der Waals surface area (Å²) in [6, 6.07) is 7.65. The van der Waals surface area contributed by atoms with Crippen LogP contribution in [0.2, 0.25) is 5.02 Å². The van der Waals surface area contributed by atoms with E-state index < -0.39 is 5.60 Å². The van der Waals surface area contributed by atoms with Crippen LogP contribution in [0.5, 0.6) is 0 Å². The number of benzene rings is 1. The van der Waals surface area contributed by atoms with Crippen LogP contribution in [0, 0.1) is 0 Å². The lowest BCUT2D eigenvalue weighted by Crippen LogP contribution is -2.49. The number of hydrogen-bond donors (Lipinski definition) is 1. The molecule has 0 spiro atoms. The molecule has 0 saturated heterocycles. The van der Waals surface area contributed by atoms with Gasteiger partial charge in [0.15, 0.2) is 0 Å². The van der Waals surface area contributed by atoms with Crippen LogP contribution in [0.15, 0.2) is 24.3 Å². The lowest BCUT2D eigenvalue weighted by atomic mass is 9.73. The first-order valence-electron chi connectivity index (χ1n) is 5.70. The monoisotopic (exact) mass is 240 g/mol. The van der Waals surface area contributed by atoms with E-state index in [2.05, 4.69) is 0 Å². The van der Waals surface area contributed by atoms with Crippen molar-refractivity contribution >= 4 is 11.6 Å². The number of ether oxygens (including phenoxy) is 1. The topological polar surface area (TPSA) is 29.5 Å². The highest BCUT2D eigenvalue weighted by atomic mass is 35.5. The molecule has 0 aliphatic heterocycles. The van der Waals surface area contributed by atoms with E-state index in [0.717, 1.165) is 30.0 Å². The van der Waals surface area contributed by atoms with Crippen LogP contribution in [0.1, 0.15) is 25.3 Å². The van der Waals surface area contributed by atoms with Gasteiger partial charge < -0.3 is 9.84 Å². The Morgan fingerprint density at radius 3 is 2.56 bits per heavy atom. The maximum absolute atomic E-state index is 10.2. The van der Waals surface area contributed by atoms with Crippen molar-refractivity contribution in [1.29, 1.82) is 0 Å². The van der Waals surface area contributed by atoms with Gasteiger partial charge in [0.2, 0.25) is 0 Å². The van der Waals surface area contributed by atoms with Gasteiger partial charge in [-0.3, -0.25) is 0 Å². The van der Waals surface area contributed by atoms with Crippen LogP contribution in [0.3, 0.4) is 0 Å². The number of hydrogen-bond acceptors (Lipinski definition) is 2. The van der Waals surface area contributed by atoms with E-state index in [4.69, 9.17) is 16.3 Å². The maximum Gasteiger partial charge on any atom is 0.0737 e. The lowest BCUT2D eigenvalue weighted by molar-refractivity contribution is -0.136. The third-order valence-electron chi connectivity index (χ3n) is 3.06. The summed E-state index contributed by atoms with van der Waals surface area (Å²) < 4.78 is 5.45. The molecule has 0 aromatic heterocycles. The molecule has 3 heteroatoms. The summed E-state index contributed by atoms with van der Waals surface area (Å²) in [5.74, 6) is 0. The second-order valence-corrected chi connectivity index (χ2v) is 4.95. The molecule has 2 rings (SSSR count). The van der Waals surface area contributed by atoms with Gasteiger partial charge in [-0.15, -0.1) is 0 Å². The van der Waals surface area contributed by atoms with Crippen molar-refractivity contribution in [3.63, 3.8) is 0 Å². The van der Waals surface area contributed by atoms with E-state index in [-0.39, 0.29) is 6.10 Å². The van der Waals surface area contributed by atoms with Gasteiger partial charge in [-0.2, -0.15) is 0 Å². The summed E-state index contributed by atoms with van der Waals surface area (Å²) in [5, 5.41) is 10.9. The lowest BCUT2D eigenvalue weighted by Gasteiger charge is -2.43. The molecular weight excluding hydrogens is 224 g/mol. The third-order valence-corrected chi connectivity index (χ3v) is 3.32. The van der Waals surface area contributed by atoms with E-state index >= 15 is 0 Å². The molecule has 0 atom stereocenters. The van der Waals surface area contributed by atoms with E-state index in [1.807, 2.05) is 31.2 Å². The largest absolute Gasteiger partial charge is 0.389 e. The Kier molecular flexibility index (Phi) is 3.53. The fourth-order valence-electron chi connectivity index (χ4n) is 2.27. The molecule has 16 heavy (non-hydrogen) atoms.